The summed E-state index contributed by atoms with van der Waals surface area (Å²) in [4.78, 5) is 9.89. The van der Waals surface area contributed by atoms with Crippen molar-refractivity contribution in [3.05, 3.63) is 47.0 Å². The molecule has 13 heavy (non-hydrogen) atoms. The van der Waals surface area contributed by atoms with Crippen molar-refractivity contribution in [1.29, 1.82) is 0 Å². The Hall–Kier alpha value is -1.52. The van der Waals surface area contributed by atoms with E-state index in [9.17, 15) is 4.79 Å². The second-order valence-electron chi connectivity index (χ2n) is 2.27. The Labute approximate surface area is 82.0 Å². The Morgan fingerprint density at radius 3 is 2.54 bits per heavy atom. The first-order chi connectivity index (χ1) is 6.33. The minimum Gasteiger partial charge on any atom is -0.299 e. The molecule has 0 fully saturated rings. The van der Waals surface area contributed by atoms with Crippen molar-refractivity contribution in [2.75, 3.05) is 0 Å². The van der Waals surface area contributed by atoms with Crippen LogP contribution in [0.3, 0.4) is 0 Å². The van der Waals surface area contributed by atoms with Gasteiger partial charge in [-0.25, -0.2) is 0 Å². The Morgan fingerprint density at radius 1 is 1.23 bits per heavy atom. The second kappa shape index (κ2) is 5.18. The minimum atomic E-state index is 0.689. The summed E-state index contributed by atoms with van der Waals surface area (Å²) < 4.78 is 0. The Bertz CT molecular complexity index is 365. The molecule has 1 nitrogen and oxygen atoms in total. The zero-order valence-corrected chi connectivity index (χ0v) is 7.58. The van der Waals surface area contributed by atoms with Gasteiger partial charge in [-0.1, -0.05) is 23.4 Å². The van der Waals surface area contributed by atoms with Crippen LogP contribution in [-0.2, 0) is 4.79 Å². The van der Waals surface area contributed by atoms with Crippen LogP contribution in [0.25, 0.3) is 0 Å². The van der Waals surface area contributed by atoms with E-state index in [4.69, 9.17) is 11.6 Å². The molecule has 1 rings (SSSR count). The fourth-order valence-electron chi connectivity index (χ4n) is 0.746. The van der Waals surface area contributed by atoms with Crippen LogP contribution in [0.15, 0.2) is 36.4 Å². The van der Waals surface area contributed by atoms with Gasteiger partial charge in [0.05, 0.1) is 0 Å². The summed E-state index contributed by atoms with van der Waals surface area (Å²) in [5, 5.41) is 0.689. The lowest BCUT2D eigenvalue weighted by atomic mass is 10.2. The largest absolute Gasteiger partial charge is 0.299 e. The van der Waals surface area contributed by atoms with E-state index in [1.165, 1.54) is 12.2 Å². The number of allylic oxidation sites excluding steroid dienone is 2. The Morgan fingerprint density at radius 2 is 1.92 bits per heavy atom. The fraction of sp³-hybridized carbons (Fsp3) is 0. The van der Waals surface area contributed by atoms with Crippen LogP contribution in [-0.4, -0.2) is 6.29 Å². The molecule has 2 heteroatoms. The topological polar surface area (TPSA) is 17.1 Å². The maximum absolute atomic E-state index is 9.89. The van der Waals surface area contributed by atoms with Gasteiger partial charge in [-0.2, -0.15) is 0 Å². The van der Waals surface area contributed by atoms with Crippen molar-refractivity contribution in [3.63, 3.8) is 0 Å². The average Bonchev–Trinajstić information content (AvgIpc) is 2.15. The van der Waals surface area contributed by atoms with Crippen molar-refractivity contribution in [2.45, 2.75) is 0 Å². The first kappa shape index (κ1) is 9.57. The van der Waals surface area contributed by atoms with Crippen LogP contribution in [0.5, 0.6) is 0 Å². The first-order valence-corrected chi connectivity index (χ1v) is 4.08. The quantitative estimate of drug-likeness (QED) is 0.378. The molecule has 0 saturated carbocycles. The van der Waals surface area contributed by atoms with Gasteiger partial charge in [-0.3, -0.25) is 4.79 Å². The van der Waals surface area contributed by atoms with E-state index in [1.807, 2.05) is 12.1 Å². The van der Waals surface area contributed by atoms with Gasteiger partial charge in [0, 0.05) is 10.6 Å². The van der Waals surface area contributed by atoms with E-state index in [0.717, 1.165) is 5.56 Å². The average molecular weight is 191 g/mol. The maximum Gasteiger partial charge on any atom is 0.143 e. The number of carbonyl (C=O) groups is 1. The highest BCUT2D eigenvalue weighted by atomic mass is 35.5. The molecule has 0 N–H and O–H groups in total. The number of hydrogen-bond acceptors (Lipinski definition) is 1. The van der Waals surface area contributed by atoms with Gasteiger partial charge < -0.3 is 0 Å². The van der Waals surface area contributed by atoms with Gasteiger partial charge >= 0.3 is 0 Å². The van der Waals surface area contributed by atoms with Gasteiger partial charge in [0.25, 0.3) is 0 Å². The van der Waals surface area contributed by atoms with Crippen LogP contribution in [0.4, 0.5) is 0 Å². The third-order valence-electron chi connectivity index (χ3n) is 1.32. The minimum absolute atomic E-state index is 0.689. The molecule has 0 aliphatic heterocycles. The molecular weight excluding hydrogens is 184 g/mol. The SMILES string of the molecule is O=C/C=C\C#Cc1ccc(Cl)cc1. The molecular formula is C11H7ClO. The van der Waals surface area contributed by atoms with Gasteiger partial charge in [0.2, 0.25) is 0 Å². The van der Waals surface area contributed by atoms with Crippen LogP contribution >= 0.6 is 11.6 Å². The summed E-state index contributed by atoms with van der Waals surface area (Å²) in [6, 6.07) is 7.19. The maximum atomic E-state index is 9.89. The lowest BCUT2D eigenvalue weighted by molar-refractivity contribution is -0.104. The van der Waals surface area contributed by atoms with Crippen LogP contribution < -0.4 is 0 Å². The summed E-state index contributed by atoms with van der Waals surface area (Å²) in [6.07, 6.45) is 3.54. The lowest BCUT2D eigenvalue weighted by Crippen LogP contribution is -1.71. The van der Waals surface area contributed by atoms with Crippen molar-refractivity contribution in [3.8, 4) is 11.8 Å². The first-order valence-electron chi connectivity index (χ1n) is 3.70. The predicted octanol–water partition coefficient (Wildman–Crippen LogP) is 2.45. The summed E-state index contributed by atoms with van der Waals surface area (Å²) in [7, 11) is 0. The van der Waals surface area contributed by atoms with E-state index in [0.29, 0.717) is 11.3 Å². The number of halogens is 1. The zero-order chi connectivity index (χ0) is 9.52. The summed E-state index contributed by atoms with van der Waals surface area (Å²) in [6.45, 7) is 0. The molecule has 0 saturated heterocycles. The number of hydrogen-bond donors (Lipinski definition) is 0. The fourth-order valence-corrected chi connectivity index (χ4v) is 0.872. The number of rotatable bonds is 1. The highest BCUT2D eigenvalue weighted by molar-refractivity contribution is 6.30. The van der Waals surface area contributed by atoms with Gasteiger partial charge in [0.1, 0.15) is 6.29 Å². The summed E-state index contributed by atoms with van der Waals surface area (Å²) >= 11 is 5.69. The molecule has 64 valence electrons. The molecule has 0 spiro atoms. The number of aldehydes is 1. The van der Waals surface area contributed by atoms with Gasteiger partial charge in [0.15, 0.2) is 0 Å². The standard InChI is InChI=1S/C11H7ClO/c12-11-7-5-10(6-8-11)4-2-1-3-9-13/h1,3,5-9H/b3-1-. The summed E-state index contributed by atoms with van der Waals surface area (Å²) in [5.74, 6) is 5.57. The molecule has 0 atom stereocenters. The van der Waals surface area contributed by atoms with Gasteiger partial charge in [-0.15, -0.1) is 0 Å². The molecule has 0 radical (unpaired) electrons. The highest BCUT2D eigenvalue weighted by Crippen LogP contribution is 2.08. The van der Waals surface area contributed by atoms with E-state index < -0.39 is 0 Å². The number of benzene rings is 1. The van der Waals surface area contributed by atoms with Crippen LogP contribution in [0.2, 0.25) is 5.02 Å². The van der Waals surface area contributed by atoms with E-state index >= 15 is 0 Å². The monoisotopic (exact) mass is 190 g/mol. The van der Waals surface area contributed by atoms with Crippen molar-refractivity contribution >= 4 is 17.9 Å². The smallest absolute Gasteiger partial charge is 0.143 e. The molecule has 0 bridgehead atoms. The van der Waals surface area contributed by atoms with Crippen LogP contribution in [0.1, 0.15) is 5.56 Å². The highest BCUT2D eigenvalue weighted by Gasteiger charge is 1.85. The van der Waals surface area contributed by atoms with Gasteiger partial charge in [-0.05, 0) is 36.4 Å². The van der Waals surface area contributed by atoms with Crippen molar-refractivity contribution < 1.29 is 4.79 Å². The van der Waals surface area contributed by atoms with E-state index in [1.54, 1.807) is 12.1 Å². The summed E-state index contributed by atoms with van der Waals surface area (Å²) in [5.41, 5.74) is 0.875. The van der Waals surface area contributed by atoms with E-state index in [-0.39, 0.29) is 0 Å². The normalized spacial score (nSPS) is 9.31. The lowest BCUT2D eigenvalue weighted by Gasteiger charge is -1.88. The Balaban J connectivity index is 2.72. The molecule has 0 aliphatic carbocycles. The Kier molecular flexibility index (Phi) is 3.81. The molecule has 0 aliphatic rings. The third kappa shape index (κ3) is 3.59. The van der Waals surface area contributed by atoms with E-state index in [2.05, 4.69) is 11.8 Å². The zero-order valence-electron chi connectivity index (χ0n) is 6.83. The molecule has 0 aromatic heterocycles. The van der Waals surface area contributed by atoms with Crippen LogP contribution in [0, 0.1) is 11.8 Å². The molecule has 1 aromatic rings. The third-order valence-corrected chi connectivity index (χ3v) is 1.57. The van der Waals surface area contributed by atoms with Crippen molar-refractivity contribution in [2.24, 2.45) is 0 Å². The predicted molar refractivity (Wildman–Crippen MR) is 53.5 cm³/mol. The molecule has 0 unspecified atom stereocenters. The molecule has 1 aromatic carbocycles. The molecule has 0 heterocycles. The second-order valence-corrected chi connectivity index (χ2v) is 2.71. The molecule has 0 amide bonds. The number of carbonyl (C=O) groups excluding carboxylic acids is 1. The van der Waals surface area contributed by atoms with Crippen molar-refractivity contribution in [1.82, 2.24) is 0 Å².